The zero-order valence-electron chi connectivity index (χ0n) is 21.1. The van der Waals surface area contributed by atoms with E-state index in [1.807, 2.05) is 31.2 Å². The molecule has 1 aliphatic rings. The predicted octanol–water partition coefficient (Wildman–Crippen LogP) is 6.44. The van der Waals surface area contributed by atoms with Crippen molar-refractivity contribution in [3.63, 3.8) is 0 Å². The first-order chi connectivity index (χ1) is 17.8. The third-order valence-electron chi connectivity index (χ3n) is 6.43. The van der Waals surface area contributed by atoms with Crippen LogP contribution in [-0.4, -0.2) is 24.6 Å². The van der Waals surface area contributed by atoms with E-state index in [-0.39, 0.29) is 16.8 Å². The van der Waals surface area contributed by atoms with E-state index < -0.39 is 11.9 Å². The summed E-state index contributed by atoms with van der Waals surface area (Å²) in [5.41, 5.74) is 2.00. The van der Waals surface area contributed by atoms with E-state index in [4.69, 9.17) is 13.9 Å². The number of benzene rings is 2. The monoisotopic (exact) mass is 562 g/mol. The Morgan fingerprint density at radius 3 is 2.59 bits per heavy atom. The first-order valence-corrected chi connectivity index (χ1v) is 12.9. The number of methoxy groups -OCH3 is 1. The molecule has 1 unspecified atom stereocenters. The first kappa shape index (κ1) is 25.0. The highest BCUT2D eigenvalue weighted by atomic mass is 79.9. The number of anilines is 1. The number of halogens is 1. The quantitative estimate of drug-likeness (QED) is 0.257. The summed E-state index contributed by atoms with van der Waals surface area (Å²) in [4.78, 5) is 33.6. The molecule has 1 aliphatic heterocycles. The van der Waals surface area contributed by atoms with Crippen LogP contribution in [0.1, 0.15) is 53.6 Å². The van der Waals surface area contributed by atoms with Gasteiger partial charge in [0.25, 0.3) is 5.91 Å². The number of ether oxygens (including phenoxy) is 2. The molecule has 190 valence electrons. The normalized spacial score (nSPS) is 14.9. The highest BCUT2D eigenvalue weighted by Crippen LogP contribution is 2.43. The molecule has 2 aromatic heterocycles. The number of carbonyl (C=O) groups is 1. The SMILES string of the molecule is COc1cc(C2c3c(oc4ccc(Br)cc4c3=O)C(=O)N2c2ccc(C)cn2)ccc1OCCC(C)C. The van der Waals surface area contributed by atoms with Gasteiger partial charge in [0.15, 0.2) is 16.9 Å². The molecule has 4 aromatic rings. The van der Waals surface area contributed by atoms with Gasteiger partial charge in [0.05, 0.1) is 30.7 Å². The number of aryl methyl sites for hydroxylation is 1. The lowest BCUT2D eigenvalue weighted by atomic mass is 9.98. The Kier molecular flexibility index (Phi) is 6.77. The number of fused-ring (bicyclic) bond motifs is 2. The van der Waals surface area contributed by atoms with E-state index in [1.165, 1.54) is 4.90 Å². The van der Waals surface area contributed by atoms with Crippen molar-refractivity contribution in [1.29, 1.82) is 0 Å². The summed E-state index contributed by atoms with van der Waals surface area (Å²) in [6.45, 7) is 6.76. The number of hydrogen-bond donors (Lipinski definition) is 0. The lowest BCUT2D eigenvalue weighted by Crippen LogP contribution is -2.30. The highest BCUT2D eigenvalue weighted by molar-refractivity contribution is 9.10. The minimum Gasteiger partial charge on any atom is -0.493 e. The summed E-state index contributed by atoms with van der Waals surface area (Å²) in [6.07, 6.45) is 2.60. The van der Waals surface area contributed by atoms with E-state index in [9.17, 15) is 9.59 Å². The number of pyridine rings is 1. The van der Waals surface area contributed by atoms with Crippen molar-refractivity contribution >= 4 is 38.6 Å². The first-order valence-electron chi connectivity index (χ1n) is 12.1. The van der Waals surface area contributed by atoms with E-state index in [0.29, 0.717) is 46.4 Å². The van der Waals surface area contributed by atoms with Crippen molar-refractivity contribution in [1.82, 2.24) is 4.98 Å². The second kappa shape index (κ2) is 10.0. The number of nitrogens with zero attached hydrogens (tertiary/aromatic N) is 2. The van der Waals surface area contributed by atoms with Crippen LogP contribution in [0, 0.1) is 12.8 Å². The van der Waals surface area contributed by atoms with Crippen LogP contribution < -0.4 is 19.8 Å². The molecule has 8 heteroatoms. The molecular weight excluding hydrogens is 536 g/mol. The van der Waals surface area contributed by atoms with Crippen LogP contribution in [-0.2, 0) is 0 Å². The van der Waals surface area contributed by atoms with Crippen LogP contribution in [0.3, 0.4) is 0 Å². The number of hydrogen-bond acceptors (Lipinski definition) is 6. The lowest BCUT2D eigenvalue weighted by Gasteiger charge is -2.25. The molecule has 0 radical (unpaired) electrons. The topological polar surface area (TPSA) is 81.9 Å². The molecule has 0 aliphatic carbocycles. The zero-order chi connectivity index (χ0) is 26.3. The molecule has 0 saturated carbocycles. The Bertz CT molecular complexity index is 1540. The van der Waals surface area contributed by atoms with Crippen molar-refractivity contribution < 1.29 is 18.7 Å². The molecule has 37 heavy (non-hydrogen) atoms. The number of amides is 1. The highest BCUT2D eigenvalue weighted by Gasteiger charge is 2.44. The molecule has 0 fully saturated rings. The Morgan fingerprint density at radius 1 is 1.08 bits per heavy atom. The number of aromatic nitrogens is 1. The van der Waals surface area contributed by atoms with E-state index in [0.717, 1.165) is 16.5 Å². The third kappa shape index (κ3) is 4.62. The van der Waals surface area contributed by atoms with Crippen molar-refractivity contribution in [3.8, 4) is 11.5 Å². The van der Waals surface area contributed by atoms with Crippen LogP contribution in [0.5, 0.6) is 11.5 Å². The fraction of sp³-hybridized carbons (Fsp3) is 0.276. The minimum absolute atomic E-state index is 0.0171. The lowest BCUT2D eigenvalue weighted by molar-refractivity contribution is 0.0970. The molecule has 3 heterocycles. The van der Waals surface area contributed by atoms with Gasteiger partial charge in [-0.3, -0.25) is 14.5 Å². The average Bonchev–Trinajstić information content (AvgIpc) is 3.17. The summed E-state index contributed by atoms with van der Waals surface area (Å²) in [7, 11) is 1.57. The van der Waals surface area contributed by atoms with Gasteiger partial charge < -0.3 is 13.9 Å². The molecule has 0 bridgehead atoms. The van der Waals surface area contributed by atoms with Crippen LogP contribution >= 0.6 is 15.9 Å². The Balaban J connectivity index is 1.68. The third-order valence-corrected chi connectivity index (χ3v) is 6.92. The van der Waals surface area contributed by atoms with Crippen LogP contribution in [0.15, 0.2) is 68.4 Å². The van der Waals surface area contributed by atoms with Gasteiger partial charge in [0, 0.05) is 10.7 Å². The van der Waals surface area contributed by atoms with Crippen molar-refractivity contribution in [2.24, 2.45) is 5.92 Å². The molecule has 5 rings (SSSR count). The van der Waals surface area contributed by atoms with Gasteiger partial charge in [-0.1, -0.05) is 41.9 Å². The fourth-order valence-corrected chi connectivity index (χ4v) is 4.84. The van der Waals surface area contributed by atoms with Gasteiger partial charge in [-0.25, -0.2) is 4.98 Å². The Morgan fingerprint density at radius 2 is 1.89 bits per heavy atom. The maximum Gasteiger partial charge on any atom is 0.296 e. The summed E-state index contributed by atoms with van der Waals surface area (Å²) < 4.78 is 18.4. The van der Waals surface area contributed by atoms with Crippen molar-refractivity contribution in [3.05, 3.63) is 91.9 Å². The van der Waals surface area contributed by atoms with Crippen LogP contribution in [0.25, 0.3) is 11.0 Å². The zero-order valence-corrected chi connectivity index (χ0v) is 22.7. The molecule has 2 aromatic carbocycles. The standard InChI is InChI=1S/C29H27BrN2O5/c1-16(2)11-12-36-22-8-6-18(13-23(22)35-4)26-25-27(33)20-14-19(30)7-9-21(20)37-28(25)29(34)32(26)24-10-5-17(3)15-31-24/h5-10,13-16,26H,11-12H2,1-4H3. The van der Waals surface area contributed by atoms with E-state index >= 15 is 0 Å². The minimum atomic E-state index is -0.754. The molecular formula is C29H27BrN2O5. The molecule has 0 N–H and O–H groups in total. The second-order valence-electron chi connectivity index (χ2n) is 9.53. The van der Waals surface area contributed by atoms with Gasteiger partial charge in [0.1, 0.15) is 11.4 Å². The summed E-state index contributed by atoms with van der Waals surface area (Å²) in [5, 5.41) is 0.394. The fourth-order valence-electron chi connectivity index (χ4n) is 4.48. The summed E-state index contributed by atoms with van der Waals surface area (Å²) in [6, 6.07) is 13.5. The van der Waals surface area contributed by atoms with Gasteiger partial charge in [0.2, 0.25) is 5.76 Å². The van der Waals surface area contributed by atoms with Gasteiger partial charge in [-0.2, -0.15) is 0 Å². The average molecular weight is 563 g/mol. The van der Waals surface area contributed by atoms with E-state index in [1.54, 1.807) is 37.6 Å². The van der Waals surface area contributed by atoms with Crippen LogP contribution in [0.2, 0.25) is 0 Å². The maximum absolute atomic E-state index is 13.8. The molecule has 0 spiro atoms. The largest absolute Gasteiger partial charge is 0.493 e. The van der Waals surface area contributed by atoms with Crippen LogP contribution in [0.4, 0.5) is 5.82 Å². The van der Waals surface area contributed by atoms with Crippen molar-refractivity contribution in [2.45, 2.75) is 33.2 Å². The number of rotatable bonds is 7. The maximum atomic E-state index is 13.8. The van der Waals surface area contributed by atoms with Gasteiger partial charge >= 0.3 is 0 Å². The predicted molar refractivity (Wildman–Crippen MR) is 146 cm³/mol. The molecule has 0 saturated heterocycles. The van der Waals surface area contributed by atoms with Gasteiger partial charge in [-0.15, -0.1) is 0 Å². The van der Waals surface area contributed by atoms with Crippen molar-refractivity contribution in [2.75, 3.05) is 18.6 Å². The molecule has 7 nitrogen and oxygen atoms in total. The van der Waals surface area contributed by atoms with E-state index in [2.05, 4.69) is 34.8 Å². The summed E-state index contributed by atoms with van der Waals surface area (Å²) >= 11 is 3.43. The molecule has 1 amide bonds. The van der Waals surface area contributed by atoms with Gasteiger partial charge in [-0.05, 0) is 66.8 Å². The molecule has 1 atom stereocenters. The second-order valence-corrected chi connectivity index (χ2v) is 10.4. The Labute approximate surface area is 223 Å². The summed E-state index contributed by atoms with van der Waals surface area (Å²) in [5.74, 6) is 1.65. The Hall–Kier alpha value is -3.65. The number of carbonyl (C=O) groups excluding carboxylic acids is 1. The smallest absolute Gasteiger partial charge is 0.296 e.